The van der Waals surface area contributed by atoms with E-state index in [1.54, 1.807) is 0 Å². The summed E-state index contributed by atoms with van der Waals surface area (Å²) >= 11 is 3.44. The van der Waals surface area contributed by atoms with Gasteiger partial charge in [0.15, 0.2) is 0 Å². The van der Waals surface area contributed by atoms with Crippen LogP contribution in [-0.4, -0.2) is 23.1 Å². The number of halogens is 1. The minimum absolute atomic E-state index is 0.00250. The van der Waals surface area contributed by atoms with Crippen LogP contribution in [0.5, 0.6) is 0 Å². The van der Waals surface area contributed by atoms with E-state index >= 15 is 0 Å². The van der Waals surface area contributed by atoms with Crippen LogP contribution in [-0.2, 0) is 4.74 Å². The van der Waals surface area contributed by atoms with Crippen LogP contribution in [0.25, 0.3) is 0 Å². The lowest BCUT2D eigenvalue weighted by Crippen LogP contribution is -2.56. The van der Waals surface area contributed by atoms with E-state index < -0.39 is 5.60 Å². The van der Waals surface area contributed by atoms with E-state index in [0.717, 1.165) is 16.5 Å². The maximum atomic E-state index is 12.7. The highest BCUT2D eigenvalue weighted by Gasteiger charge is 2.49. The third-order valence-electron chi connectivity index (χ3n) is 4.93. The Morgan fingerprint density at radius 3 is 2.48 bits per heavy atom. The molecule has 1 aliphatic rings. The van der Waals surface area contributed by atoms with Crippen molar-refractivity contribution in [2.45, 2.75) is 52.2 Å². The van der Waals surface area contributed by atoms with Gasteiger partial charge in [-0.05, 0) is 24.6 Å². The van der Waals surface area contributed by atoms with Crippen molar-refractivity contribution in [2.24, 2.45) is 5.41 Å². The van der Waals surface area contributed by atoms with Gasteiger partial charge in [-0.3, -0.25) is 0 Å². The zero-order valence-corrected chi connectivity index (χ0v) is 16.0. The van der Waals surface area contributed by atoms with Crippen LogP contribution < -0.4 is 0 Å². The summed E-state index contributed by atoms with van der Waals surface area (Å²) in [5.41, 5.74) is 0.517. The number of cyclic esters (lactones) is 1. The fraction of sp³-hybridized carbons (Fsp3) is 0.526. The first kappa shape index (κ1) is 18.1. The van der Waals surface area contributed by atoms with Crippen molar-refractivity contribution in [3.63, 3.8) is 0 Å². The van der Waals surface area contributed by atoms with Crippen molar-refractivity contribution in [2.75, 3.05) is 6.54 Å². The van der Waals surface area contributed by atoms with Crippen LogP contribution in [0.4, 0.5) is 4.79 Å². The van der Waals surface area contributed by atoms with Crippen LogP contribution in [0.3, 0.4) is 0 Å². The molecule has 1 aliphatic heterocycles. The first-order chi connectivity index (χ1) is 10.7. The smallest absolute Gasteiger partial charge is 0.410 e. The highest BCUT2D eigenvalue weighted by Crippen LogP contribution is 2.43. The standard InChI is InChI=1S/C19H26BrNO2/c1-6-11-19(18(3,4)5)12-13-21(17(22)23-19)14(2)15-7-9-16(20)10-8-15/h6-10,14H,1,11-13H2,2-5H3. The molecule has 0 bridgehead atoms. The summed E-state index contributed by atoms with van der Waals surface area (Å²) in [6.45, 7) is 12.9. The Morgan fingerprint density at radius 2 is 2.00 bits per heavy atom. The summed E-state index contributed by atoms with van der Waals surface area (Å²) < 4.78 is 7.00. The fourth-order valence-electron chi connectivity index (χ4n) is 3.15. The lowest BCUT2D eigenvalue weighted by molar-refractivity contribution is -0.114. The molecule has 1 aromatic carbocycles. The summed E-state index contributed by atoms with van der Waals surface area (Å²) in [5, 5.41) is 0. The van der Waals surface area contributed by atoms with Gasteiger partial charge in [0.2, 0.25) is 0 Å². The van der Waals surface area contributed by atoms with Gasteiger partial charge < -0.3 is 9.64 Å². The second kappa shape index (κ2) is 6.68. The second-order valence-corrected chi connectivity index (χ2v) is 8.19. The lowest BCUT2D eigenvalue weighted by atomic mass is 9.71. The van der Waals surface area contributed by atoms with Crippen LogP contribution >= 0.6 is 15.9 Å². The van der Waals surface area contributed by atoms with Crippen molar-refractivity contribution in [3.05, 3.63) is 47.0 Å². The summed E-state index contributed by atoms with van der Waals surface area (Å²) in [4.78, 5) is 14.5. The van der Waals surface area contributed by atoms with Crippen molar-refractivity contribution in [1.29, 1.82) is 0 Å². The van der Waals surface area contributed by atoms with E-state index in [1.165, 1.54) is 0 Å². The highest BCUT2D eigenvalue weighted by atomic mass is 79.9. The van der Waals surface area contributed by atoms with Crippen molar-refractivity contribution in [3.8, 4) is 0 Å². The van der Waals surface area contributed by atoms with Gasteiger partial charge in [-0.1, -0.05) is 54.9 Å². The van der Waals surface area contributed by atoms with Gasteiger partial charge in [-0.25, -0.2) is 4.79 Å². The predicted molar refractivity (Wildman–Crippen MR) is 97.4 cm³/mol. The minimum Gasteiger partial charge on any atom is -0.442 e. The molecule has 0 aromatic heterocycles. The molecule has 2 atom stereocenters. The third kappa shape index (κ3) is 3.63. The number of benzene rings is 1. The number of amides is 1. The number of hydrogen-bond donors (Lipinski definition) is 0. The Bertz CT molecular complexity index is 576. The molecule has 0 aliphatic carbocycles. The Labute approximate surface area is 147 Å². The monoisotopic (exact) mass is 379 g/mol. The number of rotatable bonds is 4. The molecule has 0 radical (unpaired) electrons. The van der Waals surface area contributed by atoms with E-state index in [4.69, 9.17) is 4.74 Å². The van der Waals surface area contributed by atoms with Gasteiger partial charge in [-0.2, -0.15) is 0 Å². The van der Waals surface area contributed by atoms with E-state index in [9.17, 15) is 4.79 Å². The Morgan fingerprint density at radius 1 is 1.39 bits per heavy atom. The van der Waals surface area contributed by atoms with Gasteiger partial charge in [0, 0.05) is 29.3 Å². The van der Waals surface area contributed by atoms with E-state index in [-0.39, 0.29) is 17.6 Å². The van der Waals surface area contributed by atoms with Crippen LogP contribution in [0.15, 0.2) is 41.4 Å². The molecule has 126 valence electrons. The summed E-state index contributed by atoms with van der Waals surface area (Å²) in [5.74, 6) is 0. The average Bonchev–Trinajstić information content (AvgIpc) is 2.46. The molecular weight excluding hydrogens is 354 g/mol. The summed E-state index contributed by atoms with van der Waals surface area (Å²) in [6.07, 6.45) is 3.12. The SMILES string of the molecule is C=CCC1(C(C)(C)C)CCN(C(C)c2ccc(Br)cc2)C(=O)O1. The number of carbonyl (C=O) groups is 1. The molecule has 1 saturated heterocycles. The average molecular weight is 380 g/mol. The molecule has 1 amide bonds. The molecule has 3 nitrogen and oxygen atoms in total. The van der Waals surface area contributed by atoms with Crippen LogP contribution in [0.1, 0.15) is 52.1 Å². The third-order valence-corrected chi connectivity index (χ3v) is 5.46. The van der Waals surface area contributed by atoms with E-state index in [0.29, 0.717) is 13.0 Å². The van der Waals surface area contributed by atoms with Crippen LogP contribution in [0.2, 0.25) is 0 Å². The molecular formula is C19H26BrNO2. The Balaban J connectivity index is 2.19. The summed E-state index contributed by atoms with van der Waals surface area (Å²) in [7, 11) is 0. The van der Waals surface area contributed by atoms with Crippen molar-refractivity contribution < 1.29 is 9.53 Å². The topological polar surface area (TPSA) is 29.5 Å². The quantitative estimate of drug-likeness (QED) is 0.626. The lowest BCUT2D eigenvalue weighted by Gasteiger charge is -2.49. The molecule has 4 heteroatoms. The van der Waals surface area contributed by atoms with Crippen LogP contribution in [0, 0.1) is 5.41 Å². The molecule has 1 heterocycles. The van der Waals surface area contributed by atoms with E-state index in [1.807, 2.05) is 42.2 Å². The molecule has 2 unspecified atom stereocenters. The number of carbonyl (C=O) groups excluding carboxylic acids is 1. The first-order valence-corrected chi connectivity index (χ1v) is 8.85. The van der Waals surface area contributed by atoms with Gasteiger partial charge in [0.1, 0.15) is 5.60 Å². The largest absolute Gasteiger partial charge is 0.442 e. The molecule has 0 saturated carbocycles. The van der Waals surface area contributed by atoms with Gasteiger partial charge in [0.05, 0.1) is 6.04 Å². The zero-order chi connectivity index (χ0) is 17.3. The highest BCUT2D eigenvalue weighted by molar-refractivity contribution is 9.10. The molecule has 0 N–H and O–H groups in total. The van der Waals surface area contributed by atoms with Gasteiger partial charge >= 0.3 is 6.09 Å². The summed E-state index contributed by atoms with van der Waals surface area (Å²) in [6, 6.07) is 8.07. The Hall–Kier alpha value is -1.29. The minimum atomic E-state index is -0.470. The molecule has 1 aromatic rings. The van der Waals surface area contributed by atoms with Gasteiger partial charge in [-0.15, -0.1) is 6.58 Å². The molecule has 23 heavy (non-hydrogen) atoms. The normalized spacial score (nSPS) is 23.3. The van der Waals surface area contributed by atoms with Gasteiger partial charge in [0.25, 0.3) is 0 Å². The number of nitrogens with zero attached hydrogens (tertiary/aromatic N) is 1. The fourth-order valence-corrected chi connectivity index (χ4v) is 3.42. The molecule has 2 rings (SSSR count). The van der Waals surface area contributed by atoms with Crippen molar-refractivity contribution >= 4 is 22.0 Å². The maximum absolute atomic E-state index is 12.7. The molecule has 0 spiro atoms. The Kier molecular flexibility index (Phi) is 5.24. The molecule has 1 fully saturated rings. The van der Waals surface area contributed by atoms with E-state index in [2.05, 4.69) is 43.3 Å². The number of ether oxygens (including phenoxy) is 1. The number of hydrogen-bond acceptors (Lipinski definition) is 2. The maximum Gasteiger partial charge on any atom is 0.410 e. The second-order valence-electron chi connectivity index (χ2n) is 7.28. The van der Waals surface area contributed by atoms with Crippen molar-refractivity contribution in [1.82, 2.24) is 4.90 Å². The zero-order valence-electron chi connectivity index (χ0n) is 14.4. The predicted octanol–water partition coefficient (Wildman–Crippen LogP) is 5.71. The first-order valence-electron chi connectivity index (χ1n) is 8.06.